The molecular weight excluding hydrogens is 220 g/mol. The molecule has 3 nitrogen and oxygen atoms in total. The molecule has 0 radical (unpaired) electrons. The van der Waals surface area contributed by atoms with Crippen LogP contribution in [0.4, 0.5) is 5.69 Å². The van der Waals surface area contributed by atoms with Gasteiger partial charge in [0.1, 0.15) is 21.5 Å². The molecule has 2 heterocycles. The summed E-state index contributed by atoms with van der Waals surface area (Å²) in [5.41, 5.74) is 0.785. The van der Waals surface area contributed by atoms with Crippen LogP contribution in [0.25, 0.3) is 10.8 Å². The minimum atomic E-state index is -1.15. The highest BCUT2D eigenvalue weighted by Crippen LogP contribution is 2.35. The van der Waals surface area contributed by atoms with Crippen LogP contribution in [0.5, 0.6) is 0 Å². The molecule has 1 atom stereocenters. The summed E-state index contributed by atoms with van der Waals surface area (Å²) in [4.78, 5) is 8.69. The molecule has 3 rings (SSSR count). The minimum Gasteiger partial charge on any atom is -0.246 e. The monoisotopic (exact) mass is 230 g/mol. The van der Waals surface area contributed by atoms with E-state index in [2.05, 4.69) is 9.98 Å². The van der Waals surface area contributed by atoms with Crippen molar-refractivity contribution >= 4 is 32.3 Å². The molecule has 1 aromatic carbocycles. The van der Waals surface area contributed by atoms with Crippen molar-refractivity contribution in [2.24, 2.45) is 4.99 Å². The third-order valence-electron chi connectivity index (χ3n) is 2.67. The Morgan fingerprint density at radius 1 is 1.31 bits per heavy atom. The van der Waals surface area contributed by atoms with Crippen LogP contribution in [0.15, 0.2) is 40.5 Å². The molecule has 16 heavy (non-hydrogen) atoms. The maximum absolute atomic E-state index is 12.0. The zero-order valence-corrected chi connectivity index (χ0v) is 9.62. The van der Waals surface area contributed by atoms with Gasteiger partial charge in [0.15, 0.2) is 5.03 Å². The largest absolute Gasteiger partial charge is 0.246 e. The summed E-state index contributed by atoms with van der Waals surface area (Å²) >= 11 is 0. The van der Waals surface area contributed by atoms with Crippen LogP contribution in [0.2, 0.25) is 0 Å². The second-order valence-electron chi connectivity index (χ2n) is 3.63. The van der Waals surface area contributed by atoms with Gasteiger partial charge in [-0.15, -0.1) is 0 Å². The minimum absolute atomic E-state index is 0.607. The van der Waals surface area contributed by atoms with Gasteiger partial charge in [-0.05, 0) is 6.42 Å². The smallest absolute Gasteiger partial charge is 0.159 e. The van der Waals surface area contributed by atoms with Crippen LogP contribution < -0.4 is 0 Å². The average Bonchev–Trinajstić information content (AvgIpc) is 2.67. The zero-order valence-electron chi connectivity index (χ0n) is 8.80. The predicted octanol–water partition coefficient (Wildman–Crippen LogP) is 2.80. The van der Waals surface area contributed by atoms with E-state index >= 15 is 0 Å². The summed E-state index contributed by atoms with van der Waals surface area (Å²) in [6, 6.07) is 7.91. The summed E-state index contributed by atoms with van der Waals surface area (Å²) in [7, 11) is -1.15. The molecule has 2 aromatic rings. The van der Waals surface area contributed by atoms with Gasteiger partial charge in [0.05, 0.1) is 0 Å². The first kappa shape index (κ1) is 9.66. The van der Waals surface area contributed by atoms with E-state index in [1.165, 1.54) is 0 Å². The highest BCUT2D eigenvalue weighted by molar-refractivity contribution is 8.01. The van der Waals surface area contributed by atoms with Gasteiger partial charge >= 0.3 is 0 Å². The quantitative estimate of drug-likeness (QED) is 0.756. The summed E-state index contributed by atoms with van der Waals surface area (Å²) < 4.78 is 12.0. The Morgan fingerprint density at radius 3 is 2.94 bits per heavy atom. The first-order chi connectivity index (χ1) is 7.81. The van der Waals surface area contributed by atoms with Crippen LogP contribution in [0.3, 0.4) is 0 Å². The van der Waals surface area contributed by atoms with E-state index in [1.807, 2.05) is 31.2 Å². The van der Waals surface area contributed by atoms with E-state index in [-0.39, 0.29) is 0 Å². The van der Waals surface area contributed by atoms with Crippen molar-refractivity contribution in [1.82, 2.24) is 4.98 Å². The molecule has 0 spiro atoms. The molecule has 4 heteroatoms. The molecule has 0 N–H and O–H groups in total. The van der Waals surface area contributed by atoms with Crippen molar-refractivity contribution in [3.8, 4) is 0 Å². The van der Waals surface area contributed by atoms with E-state index in [9.17, 15) is 4.21 Å². The first-order valence-corrected chi connectivity index (χ1v) is 6.33. The summed E-state index contributed by atoms with van der Waals surface area (Å²) in [5, 5.41) is 3.40. The van der Waals surface area contributed by atoms with Crippen LogP contribution in [-0.4, -0.2) is 14.2 Å². The molecule has 1 aromatic heterocycles. The van der Waals surface area contributed by atoms with Gasteiger partial charge in [0.25, 0.3) is 0 Å². The van der Waals surface area contributed by atoms with E-state index in [4.69, 9.17) is 0 Å². The lowest BCUT2D eigenvalue weighted by molar-refractivity contribution is 0.688. The first-order valence-electron chi connectivity index (χ1n) is 5.18. The Labute approximate surface area is 95.7 Å². The number of hydrogen-bond donors (Lipinski definition) is 0. The number of aromatic nitrogens is 1. The summed E-state index contributed by atoms with van der Waals surface area (Å²) in [6.45, 7) is 1.96. The third kappa shape index (κ3) is 1.23. The number of fused-ring (bicyclic) bond motifs is 3. The number of benzene rings is 1. The van der Waals surface area contributed by atoms with Crippen molar-refractivity contribution in [3.05, 3.63) is 30.5 Å². The molecule has 0 saturated carbocycles. The van der Waals surface area contributed by atoms with Crippen molar-refractivity contribution in [1.29, 1.82) is 0 Å². The molecule has 1 aliphatic rings. The second-order valence-corrected chi connectivity index (χ2v) is 5.02. The number of nitrogens with zero attached hydrogens (tertiary/aromatic N) is 2. The number of aliphatic imine (C=N–C) groups is 1. The summed E-state index contributed by atoms with van der Waals surface area (Å²) in [5.74, 6) is 0. The lowest BCUT2D eigenvalue weighted by Gasteiger charge is -2.00. The SMILES string of the molecule is CCC1=Nc2c(ncc3ccccc23)S1=O. The Balaban J connectivity index is 2.37. The maximum Gasteiger partial charge on any atom is 0.159 e. The van der Waals surface area contributed by atoms with Crippen molar-refractivity contribution < 1.29 is 4.21 Å². The highest BCUT2D eigenvalue weighted by atomic mass is 32.2. The highest BCUT2D eigenvalue weighted by Gasteiger charge is 2.24. The molecule has 0 fully saturated rings. The number of hydrogen-bond acceptors (Lipinski definition) is 3. The molecule has 0 bridgehead atoms. The third-order valence-corrected chi connectivity index (χ3v) is 4.13. The van der Waals surface area contributed by atoms with Crippen molar-refractivity contribution in [2.75, 3.05) is 0 Å². The lowest BCUT2D eigenvalue weighted by Crippen LogP contribution is -2.01. The Kier molecular flexibility index (Phi) is 2.11. The molecule has 0 amide bonds. The van der Waals surface area contributed by atoms with E-state index < -0.39 is 10.8 Å². The lowest BCUT2D eigenvalue weighted by atomic mass is 10.1. The van der Waals surface area contributed by atoms with Crippen LogP contribution in [0, 0.1) is 0 Å². The topological polar surface area (TPSA) is 42.3 Å². The van der Waals surface area contributed by atoms with E-state index in [0.29, 0.717) is 11.4 Å². The molecule has 0 aliphatic carbocycles. The van der Waals surface area contributed by atoms with Crippen molar-refractivity contribution in [3.63, 3.8) is 0 Å². The fraction of sp³-hybridized carbons (Fsp3) is 0.167. The van der Waals surface area contributed by atoms with Gasteiger partial charge in [-0.25, -0.2) is 14.2 Å². The van der Waals surface area contributed by atoms with E-state index in [0.717, 1.165) is 21.5 Å². The molecule has 0 saturated heterocycles. The number of rotatable bonds is 1. The van der Waals surface area contributed by atoms with Gasteiger partial charge < -0.3 is 0 Å². The zero-order chi connectivity index (χ0) is 11.1. The second kappa shape index (κ2) is 3.49. The predicted molar refractivity (Wildman–Crippen MR) is 65.5 cm³/mol. The Morgan fingerprint density at radius 2 is 2.12 bits per heavy atom. The molecule has 80 valence electrons. The normalized spacial score (nSPS) is 18.6. The average molecular weight is 230 g/mol. The Hall–Kier alpha value is -1.55. The molecule has 1 unspecified atom stereocenters. The van der Waals surface area contributed by atoms with E-state index in [1.54, 1.807) is 6.20 Å². The van der Waals surface area contributed by atoms with Gasteiger partial charge in [-0.2, -0.15) is 0 Å². The van der Waals surface area contributed by atoms with Gasteiger partial charge in [0, 0.05) is 17.0 Å². The van der Waals surface area contributed by atoms with Crippen LogP contribution in [-0.2, 0) is 10.8 Å². The number of pyridine rings is 1. The van der Waals surface area contributed by atoms with Crippen LogP contribution in [0.1, 0.15) is 13.3 Å². The fourth-order valence-corrected chi connectivity index (χ4v) is 3.00. The van der Waals surface area contributed by atoms with Gasteiger partial charge in [-0.3, -0.25) is 0 Å². The Bertz CT molecular complexity index is 634. The molecule has 1 aliphatic heterocycles. The maximum atomic E-state index is 12.0. The summed E-state index contributed by atoms with van der Waals surface area (Å²) in [6.07, 6.45) is 2.47. The van der Waals surface area contributed by atoms with Gasteiger partial charge in [0.2, 0.25) is 0 Å². The standard InChI is InChI=1S/C12H10N2OS/c1-2-10-14-11-9-6-4-3-5-8(9)7-13-12(11)16(10)15/h3-7H,2H2,1H3. The van der Waals surface area contributed by atoms with Gasteiger partial charge in [-0.1, -0.05) is 31.2 Å². The fourth-order valence-electron chi connectivity index (χ4n) is 1.86. The van der Waals surface area contributed by atoms with Crippen molar-refractivity contribution in [2.45, 2.75) is 18.4 Å². The molecular formula is C12H10N2OS. The van der Waals surface area contributed by atoms with Crippen LogP contribution >= 0.6 is 0 Å².